The van der Waals surface area contributed by atoms with E-state index < -0.39 is 34.9 Å². The van der Waals surface area contributed by atoms with Crippen LogP contribution < -0.4 is 4.74 Å². The van der Waals surface area contributed by atoms with Crippen LogP contribution in [0.5, 0.6) is 5.75 Å². The van der Waals surface area contributed by atoms with E-state index in [0.717, 1.165) is 0 Å². The topological polar surface area (TPSA) is 113 Å². The molecule has 0 saturated heterocycles. The molecule has 0 radical (unpaired) electrons. The quantitative estimate of drug-likeness (QED) is 0.260. The molecule has 0 aromatic heterocycles. The van der Waals surface area contributed by atoms with Gasteiger partial charge in [-0.3, -0.25) is 19.7 Å². The van der Waals surface area contributed by atoms with Gasteiger partial charge in [-0.1, -0.05) is 12.1 Å². The number of hydrogen-bond donors (Lipinski definition) is 0. The fourth-order valence-electron chi connectivity index (χ4n) is 1.97. The lowest BCUT2D eigenvalue weighted by Gasteiger charge is -2.06. The maximum absolute atomic E-state index is 12.0. The van der Waals surface area contributed by atoms with Crippen molar-refractivity contribution in [2.45, 2.75) is 6.92 Å². The normalized spacial score (nSPS) is 9.96. The Morgan fingerprint density at radius 2 is 1.68 bits per heavy atom. The van der Waals surface area contributed by atoms with Gasteiger partial charge in [-0.2, -0.15) is 0 Å². The fraction of sp³-hybridized carbons (Fsp3) is 0.118. The Bertz CT molecular complexity index is 827. The molecular formula is C17H13NO7. The van der Waals surface area contributed by atoms with E-state index >= 15 is 0 Å². The van der Waals surface area contributed by atoms with Crippen LogP contribution in [0.15, 0.2) is 48.5 Å². The predicted octanol–water partition coefficient (Wildman–Crippen LogP) is 2.56. The highest BCUT2D eigenvalue weighted by atomic mass is 16.6. The zero-order valence-corrected chi connectivity index (χ0v) is 13.1. The number of nitro groups is 1. The summed E-state index contributed by atoms with van der Waals surface area (Å²) in [5, 5.41) is 10.9. The fourth-order valence-corrected chi connectivity index (χ4v) is 1.97. The van der Waals surface area contributed by atoms with Crippen LogP contribution in [-0.2, 0) is 9.53 Å². The van der Waals surface area contributed by atoms with Crippen molar-refractivity contribution < 1.29 is 28.8 Å². The van der Waals surface area contributed by atoms with Crippen LogP contribution in [0.4, 0.5) is 5.69 Å². The van der Waals surface area contributed by atoms with Gasteiger partial charge in [0.1, 0.15) is 11.3 Å². The molecule has 0 N–H and O–H groups in total. The zero-order valence-electron chi connectivity index (χ0n) is 13.1. The number of Topliss-reactive ketones (excluding diaryl/α,β-unsaturated/α-hetero) is 1. The Morgan fingerprint density at radius 3 is 2.28 bits per heavy atom. The second kappa shape index (κ2) is 7.82. The number of carbonyl (C=O) groups is 3. The lowest BCUT2D eigenvalue weighted by molar-refractivity contribution is -0.385. The lowest BCUT2D eigenvalue weighted by atomic mass is 10.1. The third-order valence-electron chi connectivity index (χ3n) is 3.09. The van der Waals surface area contributed by atoms with Crippen LogP contribution in [0.3, 0.4) is 0 Å². The molecule has 0 saturated carbocycles. The van der Waals surface area contributed by atoms with Gasteiger partial charge in [0.15, 0.2) is 12.4 Å². The maximum atomic E-state index is 12.0. The van der Waals surface area contributed by atoms with Crippen LogP contribution in [0.2, 0.25) is 0 Å². The van der Waals surface area contributed by atoms with Crippen LogP contribution in [0.1, 0.15) is 27.6 Å². The molecule has 25 heavy (non-hydrogen) atoms. The SMILES string of the molecule is CC(=O)Oc1ccc(C(=O)COC(=O)c2ccccc2[N+](=O)[O-])cc1. The van der Waals surface area contributed by atoms with Crippen molar-refractivity contribution in [2.75, 3.05) is 6.61 Å². The van der Waals surface area contributed by atoms with E-state index in [2.05, 4.69) is 0 Å². The minimum Gasteiger partial charge on any atom is -0.454 e. The summed E-state index contributed by atoms with van der Waals surface area (Å²) in [7, 11) is 0. The molecule has 128 valence electrons. The molecule has 0 fully saturated rings. The molecule has 0 bridgehead atoms. The average molecular weight is 343 g/mol. The third kappa shape index (κ3) is 4.71. The molecule has 0 aliphatic rings. The largest absolute Gasteiger partial charge is 0.454 e. The number of para-hydroxylation sites is 1. The minimum atomic E-state index is -0.961. The molecule has 0 heterocycles. The first kappa shape index (κ1) is 17.8. The molecule has 8 heteroatoms. The van der Waals surface area contributed by atoms with E-state index in [1.165, 1.54) is 55.5 Å². The lowest BCUT2D eigenvalue weighted by Crippen LogP contribution is -2.15. The van der Waals surface area contributed by atoms with Gasteiger partial charge >= 0.3 is 11.9 Å². The van der Waals surface area contributed by atoms with Gasteiger partial charge < -0.3 is 9.47 Å². The van der Waals surface area contributed by atoms with Crippen LogP contribution in [-0.4, -0.2) is 29.3 Å². The Morgan fingerprint density at radius 1 is 1.04 bits per heavy atom. The van der Waals surface area contributed by atoms with E-state index in [1.54, 1.807) is 0 Å². The van der Waals surface area contributed by atoms with Crippen molar-refractivity contribution >= 4 is 23.4 Å². The number of carbonyl (C=O) groups excluding carboxylic acids is 3. The average Bonchev–Trinajstić information content (AvgIpc) is 2.59. The molecule has 0 spiro atoms. The zero-order chi connectivity index (χ0) is 18.4. The third-order valence-corrected chi connectivity index (χ3v) is 3.09. The first-order chi connectivity index (χ1) is 11.9. The van der Waals surface area contributed by atoms with Crippen molar-refractivity contribution in [1.29, 1.82) is 0 Å². The summed E-state index contributed by atoms with van der Waals surface area (Å²) in [4.78, 5) is 45.0. The monoisotopic (exact) mass is 343 g/mol. The molecule has 2 aromatic carbocycles. The molecule has 2 rings (SSSR count). The van der Waals surface area contributed by atoms with E-state index in [4.69, 9.17) is 9.47 Å². The Hall–Kier alpha value is -3.55. The van der Waals surface area contributed by atoms with Crippen molar-refractivity contribution in [3.8, 4) is 5.75 Å². The minimum absolute atomic E-state index is 0.231. The summed E-state index contributed by atoms with van der Waals surface area (Å²) in [6.07, 6.45) is 0. The smallest absolute Gasteiger partial charge is 0.345 e. The Kier molecular flexibility index (Phi) is 5.57. The molecule has 0 atom stereocenters. The maximum Gasteiger partial charge on any atom is 0.345 e. The van der Waals surface area contributed by atoms with Gasteiger partial charge in [0, 0.05) is 18.6 Å². The number of nitrogens with zero attached hydrogens (tertiary/aromatic N) is 1. The molecule has 0 unspecified atom stereocenters. The van der Waals surface area contributed by atoms with Gasteiger partial charge in [0.2, 0.25) is 0 Å². The highest BCUT2D eigenvalue weighted by Crippen LogP contribution is 2.19. The van der Waals surface area contributed by atoms with Gasteiger partial charge in [0.25, 0.3) is 5.69 Å². The van der Waals surface area contributed by atoms with Crippen molar-refractivity contribution in [1.82, 2.24) is 0 Å². The number of ketones is 1. The number of rotatable bonds is 6. The number of nitro benzene ring substituents is 1. The standard InChI is InChI=1S/C17H13NO7/c1-11(19)25-13-8-6-12(7-9-13)16(20)10-24-17(21)14-4-2-3-5-15(14)18(22)23/h2-9H,10H2,1H3. The second-order valence-corrected chi connectivity index (χ2v) is 4.89. The molecule has 8 nitrogen and oxygen atoms in total. The summed E-state index contributed by atoms with van der Waals surface area (Å²) in [6.45, 7) is 0.680. The predicted molar refractivity (Wildman–Crippen MR) is 85.5 cm³/mol. The summed E-state index contributed by atoms with van der Waals surface area (Å²) in [6, 6.07) is 11.0. The Balaban J connectivity index is 2.01. The molecule has 0 amide bonds. The Labute approximate surface area is 142 Å². The number of esters is 2. The highest BCUT2D eigenvalue weighted by Gasteiger charge is 2.21. The van der Waals surface area contributed by atoms with Gasteiger partial charge in [-0.15, -0.1) is 0 Å². The summed E-state index contributed by atoms with van der Waals surface area (Å²) >= 11 is 0. The first-order valence-electron chi connectivity index (χ1n) is 7.10. The van der Waals surface area contributed by atoms with E-state index in [9.17, 15) is 24.5 Å². The first-order valence-corrected chi connectivity index (χ1v) is 7.10. The number of ether oxygens (including phenoxy) is 2. The molecule has 0 aliphatic carbocycles. The van der Waals surface area contributed by atoms with Gasteiger partial charge in [-0.25, -0.2) is 4.79 Å². The summed E-state index contributed by atoms with van der Waals surface area (Å²) in [5.41, 5.74) is -0.387. The van der Waals surface area contributed by atoms with Crippen molar-refractivity contribution in [2.24, 2.45) is 0 Å². The number of hydrogen-bond acceptors (Lipinski definition) is 7. The molecular weight excluding hydrogens is 330 g/mol. The van der Waals surface area contributed by atoms with E-state index in [1.807, 2.05) is 0 Å². The molecule has 0 aliphatic heterocycles. The highest BCUT2D eigenvalue weighted by molar-refractivity contribution is 6.00. The van der Waals surface area contributed by atoms with Crippen LogP contribution >= 0.6 is 0 Å². The van der Waals surface area contributed by atoms with E-state index in [0.29, 0.717) is 0 Å². The summed E-state index contributed by atoms with van der Waals surface area (Å²) in [5.74, 6) is -1.67. The van der Waals surface area contributed by atoms with Crippen molar-refractivity contribution in [3.63, 3.8) is 0 Å². The number of benzene rings is 2. The van der Waals surface area contributed by atoms with Crippen LogP contribution in [0, 0.1) is 10.1 Å². The molecule has 2 aromatic rings. The van der Waals surface area contributed by atoms with Crippen LogP contribution in [0.25, 0.3) is 0 Å². The van der Waals surface area contributed by atoms with Gasteiger partial charge in [-0.05, 0) is 30.3 Å². The van der Waals surface area contributed by atoms with Gasteiger partial charge in [0.05, 0.1) is 4.92 Å². The summed E-state index contributed by atoms with van der Waals surface area (Å²) < 4.78 is 9.69. The van der Waals surface area contributed by atoms with Crippen molar-refractivity contribution in [3.05, 3.63) is 69.8 Å². The van der Waals surface area contributed by atoms with E-state index in [-0.39, 0.29) is 16.9 Å². The second-order valence-electron chi connectivity index (χ2n) is 4.89.